The van der Waals surface area contributed by atoms with Crippen molar-refractivity contribution in [2.24, 2.45) is 11.8 Å². The van der Waals surface area contributed by atoms with Gasteiger partial charge in [0.2, 0.25) is 0 Å². The minimum Gasteiger partial charge on any atom is -0.0683 e. The van der Waals surface area contributed by atoms with Crippen LogP contribution >= 0.6 is 0 Å². The second-order valence-electron chi connectivity index (χ2n) is 8.69. The molecule has 0 bridgehead atoms. The van der Waals surface area contributed by atoms with Crippen LogP contribution in [0.2, 0.25) is 3.93 Å². The van der Waals surface area contributed by atoms with Gasteiger partial charge in [-0.3, -0.25) is 0 Å². The molecule has 1 aliphatic heterocycles. The van der Waals surface area contributed by atoms with Gasteiger partial charge in [0.05, 0.1) is 0 Å². The molecule has 0 saturated carbocycles. The van der Waals surface area contributed by atoms with E-state index in [9.17, 15) is 19.2 Å². The van der Waals surface area contributed by atoms with E-state index >= 15 is 0 Å². The monoisotopic (exact) mass is 720 g/mol. The van der Waals surface area contributed by atoms with Crippen molar-refractivity contribution >= 4 is 29.6 Å². The molecule has 3 atom stereocenters. The molecule has 2 aromatic rings. The summed E-state index contributed by atoms with van der Waals surface area (Å²) < 4.78 is 0.892. The average Bonchev–Trinajstić information content (AvgIpc) is 3.32. The summed E-state index contributed by atoms with van der Waals surface area (Å²) in [5, 5.41) is 8.09. The molecule has 7 nitrogen and oxygen atoms in total. The van der Waals surface area contributed by atoms with Crippen LogP contribution in [0.25, 0.3) is 6.08 Å². The van der Waals surface area contributed by atoms with Crippen molar-refractivity contribution in [2.75, 3.05) is 6.54 Å². The number of allylic oxidation sites excluding steroid dienone is 1. The van der Waals surface area contributed by atoms with E-state index in [2.05, 4.69) is 22.5 Å². The maximum Gasteiger partial charge on any atom is -0.0623 e. The fourth-order valence-corrected chi connectivity index (χ4v) is 6.73. The summed E-state index contributed by atoms with van der Waals surface area (Å²) in [6, 6.07) is 20.7. The summed E-state index contributed by atoms with van der Waals surface area (Å²) in [5.74, 6) is -1.99. The number of carbonyl (C=O) groups is 4. The molecule has 3 unspecified atom stereocenters. The first-order chi connectivity index (χ1) is 18.8. The Morgan fingerprint density at radius 1 is 1.05 bits per heavy atom. The van der Waals surface area contributed by atoms with Gasteiger partial charge in [-0.25, -0.2) is 0 Å². The molecule has 1 saturated heterocycles. The Morgan fingerprint density at radius 3 is 2.10 bits per heavy atom. The second-order valence-corrected chi connectivity index (χ2v) is 10.9. The van der Waals surface area contributed by atoms with Crippen LogP contribution in [0, 0.1) is 11.8 Å². The molecule has 0 aliphatic carbocycles. The Bertz CT molecular complexity index is 1040. The van der Waals surface area contributed by atoms with Crippen molar-refractivity contribution in [3.05, 3.63) is 90.6 Å². The van der Waals surface area contributed by atoms with E-state index in [4.69, 9.17) is 0 Å². The summed E-state index contributed by atoms with van der Waals surface area (Å²) in [7, 11) is 0. The summed E-state index contributed by atoms with van der Waals surface area (Å²) >= 11 is 0.458. The Kier molecular flexibility index (Phi) is 17.4. The molecule has 2 aromatic carbocycles. The van der Waals surface area contributed by atoms with Gasteiger partial charge >= 0.3 is 169 Å². The number of ketones is 1. The minimum atomic E-state index is -0.797. The summed E-state index contributed by atoms with van der Waals surface area (Å²) in [6.07, 6.45) is 4.19. The van der Waals surface area contributed by atoms with E-state index in [0.29, 0.717) is 31.8 Å². The van der Waals surface area contributed by atoms with Crippen LogP contribution < -0.4 is 16.0 Å². The van der Waals surface area contributed by atoms with Gasteiger partial charge in [0.1, 0.15) is 0 Å². The predicted molar refractivity (Wildman–Crippen MR) is 152 cm³/mol. The molecule has 39 heavy (non-hydrogen) atoms. The summed E-state index contributed by atoms with van der Waals surface area (Å²) in [4.78, 5) is 49.5. The van der Waals surface area contributed by atoms with Crippen LogP contribution in [0.15, 0.2) is 85.1 Å². The zero-order valence-corrected chi connectivity index (χ0v) is 28.8. The molecular formula is C31H40HgN3O4. The zero-order valence-electron chi connectivity index (χ0n) is 23.3. The van der Waals surface area contributed by atoms with Crippen molar-refractivity contribution in [1.82, 2.24) is 16.0 Å². The number of nitrogens with one attached hydrogen (secondary N) is 3. The molecule has 1 heterocycles. The third kappa shape index (κ3) is 13.0. The fourth-order valence-electron chi connectivity index (χ4n) is 3.85. The number of rotatable bonds is 11. The molecule has 0 aromatic heterocycles. The van der Waals surface area contributed by atoms with Crippen LogP contribution in [0.1, 0.15) is 45.6 Å². The molecule has 8 heteroatoms. The molecule has 3 rings (SSSR count). The van der Waals surface area contributed by atoms with Gasteiger partial charge in [-0.05, 0) is 0 Å². The van der Waals surface area contributed by atoms with E-state index in [1.54, 1.807) is 6.08 Å². The first-order valence-electron chi connectivity index (χ1n) is 13.5. The van der Waals surface area contributed by atoms with Gasteiger partial charge < -0.3 is 0 Å². The van der Waals surface area contributed by atoms with Crippen LogP contribution in [0.5, 0.6) is 0 Å². The van der Waals surface area contributed by atoms with E-state index in [1.807, 2.05) is 87.5 Å². The SMILES string of the molecule is C=C1CC(C(=O)C(NC(=O)CCNC(=O)/C=C/c2ccccc2)C(CC)[CH2][Hg])C(=O)N1.CC.c1ccccc1. The number of carbonyl (C=O) groups excluding carboxylic acids is 4. The standard InChI is InChI=1S/C23H28N3O4.C6H6.C2H6.Hg/c1-4-15(2)21(22(29)18-14-16(3)25-23(18)30)26-20(28)12-13-24-19(27)11-10-17-8-6-5-7-9-17;1-2-4-6-5-3-1;1-2;/h5-11,15,18,21H,2-4,12-14H2,1H3,(H,24,27)(H,25,30)(H,26,28);1-6H;1-2H3;/b11-10+;;;. The Hall–Kier alpha value is -3.06. The first-order valence-corrected chi connectivity index (χ1v) is 17.4. The summed E-state index contributed by atoms with van der Waals surface area (Å²) in [6.45, 7) is 9.87. The van der Waals surface area contributed by atoms with Crippen LogP contribution in [0.4, 0.5) is 0 Å². The maximum absolute atomic E-state index is 13.0. The topological polar surface area (TPSA) is 104 Å². The van der Waals surface area contributed by atoms with Crippen LogP contribution in [-0.4, -0.2) is 36.1 Å². The third-order valence-electron chi connectivity index (χ3n) is 5.94. The van der Waals surface area contributed by atoms with Crippen molar-refractivity contribution in [3.8, 4) is 0 Å². The molecular weight excluding hydrogens is 679 g/mol. The predicted octanol–water partition coefficient (Wildman–Crippen LogP) is 4.61. The molecule has 3 amide bonds. The Balaban J connectivity index is 0.000000821. The number of hydrogen-bond acceptors (Lipinski definition) is 4. The Morgan fingerprint density at radius 2 is 1.62 bits per heavy atom. The number of Topliss-reactive ketones (excluding diaryl/α,β-unsaturated/α-hetero) is 1. The van der Waals surface area contributed by atoms with Crippen molar-refractivity contribution < 1.29 is 45.3 Å². The zero-order chi connectivity index (χ0) is 29.0. The molecule has 0 radical (unpaired) electrons. The molecule has 1 aliphatic rings. The average molecular weight is 719 g/mol. The molecule has 1 fully saturated rings. The van der Waals surface area contributed by atoms with Gasteiger partial charge in [-0.1, -0.05) is 80.6 Å². The summed E-state index contributed by atoms with van der Waals surface area (Å²) in [5.41, 5.74) is 1.44. The van der Waals surface area contributed by atoms with Crippen LogP contribution in [0.3, 0.4) is 0 Å². The Labute approximate surface area is 248 Å². The maximum atomic E-state index is 13.0. The fraction of sp³-hybridized carbons (Fsp3) is 0.355. The van der Waals surface area contributed by atoms with Gasteiger partial charge in [0, 0.05) is 0 Å². The van der Waals surface area contributed by atoms with E-state index in [0.717, 1.165) is 15.9 Å². The van der Waals surface area contributed by atoms with Gasteiger partial charge in [-0.2, -0.15) is 0 Å². The van der Waals surface area contributed by atoms with Crippen LogP contribution in [-0.2, 0) is 45.3 Å². The largest absolute Gasteiger partial charge is 0.0683 e. The van der Waals surface area contributed by atoms with Gasteiger partial charge in [-0.15, -0.1) is 0 Å². The van der Waals surface area contributed by atoms with Gasteiger partial charge in [0.15, 0.2) is 0 Å². The number of benzene rings is 2. The van der Waals surface area contributed by atoms with E-state index < -0.39 is 12.0 Å². The van der Waals surface area contributed by atoms with E-state index in [-0.39, 0.29) is 48.8 Å². The van der Waals surface area contributed by atoms with Gasteiger partial charge in [0.25, 0.3) is 0 Å². The second kappa shape index (κ2) is 19.9. The van der Waals surface area contributed by atoms with Crippen molar-refractivity contribution in [1.29, 1.82) is 0 Å². The van der Waals surface area contributed by atoms with Crippen molar-refractivity contribution in [3.63, 3.8) is 0 Å². The quantitative estimate of drug-likeness (QED) is 0.179. The number of amides is 3. The molecule has 205 valence electrons. The smallest absolute Gasteiger partial charge is 0.0623 e. The number of hydrogen-bond donors (Lipinski definition) is 3. The first kappa shape index (κ1) is 34.0. The third-order valence-corrected chi connectivity index (χ3v) is 8.83. The van der Waals surface area contributed by atoms with E-state index in [1.165, 1.54) is 6.08 Å². The van der Waals surface area contributed by atoms with Crippen molar-refractivity contribution in [2.45, 2.75) is 50.0 Å². The normalized spacial score (nSPS) is 15.6. The molecule has 0 spiro atoms. The minimum absolute atomic E-state index is 0.0184. The molecule has 3 N–H and O–H groups in total.